The van der Waals surface area contributed by atoms with Crippen LogP contribution in [0.25, 0.3) is 11.1 Å². The molecule has 4 aromatic rings. The number of nitrogens with one attached hydrogen (secondary N) is 4. The predicted molar refractivity (Wildman–Crippen MR) is 244 cm³/mol. The maximum atomic E-state index is 14.0. The van der Waals surface area contributed by atoms with Crippen molar-refractivity contribution in [3.8, 4) is 41.6 Å². The number of nitro benzene ring substituents is 1. The van der Waals surface area contributed by atoms with Crippen LogP contribution in [-0.2, 0) is 37.0 Å². The van der Waals surface area contributed by atoms with E-state index in [1.165, 1.54) is 30.3 Å². The average Bonchev–Trinajstić information content (AvgIpc) is 3.62. The van der Waals surface area contributed by atoms with E-state index in [4.69, 9.17) is 37.5 Å². The van der Waals surface area contributed by atoms with E-state index in [1.807, 2.05) is 48.5 Å². The molecule has 5 rings (SSSR count). The number of alkyl carbamates (subject to hydrolysis) is 1. The molecule has 67 heavy (non-hydrogen) atoms. The van der Waals surface area contributed by atoms with Gasteiger partial charge in [0.1, 0.15) is 31.0 Å². The lowest BCUT2D eigenvalue weighted by molar-refractivity contribution is -0.384. The molecule has 19 heteroatoms. The molecule has 0 saturated carbocycles. The number of rotatable bonds is 20. The van der Waals surface area contributed by atoms with Crippen molar-refractivity contribution >= 4 is 47.6 Å². The van der Waals surface area contributed by atoms with Gasteiger partial charge in [0.05, 0.1) is 18.0 Å². The van der Waals surface area contributed by atoms with Gasteiger partial charge >= 0.3 is 24.4 Å². The Morgan fingerprint density at radius 2 is 1.51 bits per heavy atom. The number of amides is 6. The van der Waals surface area contributed by atoms with Crippen molar-refractivity contribution in [1.29, 1.82) is 0 Å². The molecular formula is C48H49N7O12. The van der Waals surface area contributed by atoms with Crippen molar-refractivity contribution in [2.75, 3.05) is 31.6 Å². The largest absolute Gasteiger partial charge is 0.514 e. The molecule has 6 amide bonds. The van der Waals surface area contributed by atoms with Crippen LogP contribution in [0.3, 0.4) is 0 Å². The van der Waals surface area contributed by atoms with E-state index in [1.54, 1.807) is 13.8 Å². The Bertz CT molecular complexity index is 2510. The summed E-state index contributed by atoms with van der Waals surface area (Å²) < 4.78 is 21.2. The minimum Gasteiger partial charge on any atom is -0.449 e. The molecular weight excluding hydrogens is 867 g/mol. The summed E-state index contributed by atoms with van der Waals surface area (Å²) in [6, 6.07) is 21.8. The van der Waals surface area contributed by atoms with Crippen LogP contribution in [0.5, 0.6) is 5.75 Å². The van der Waals surface area contributed by atoms with Crippen molar-refractivity contribution in [3.63, 3.8) is 0 Å². The third-order valence-corrected chi connectivity index (χ3v) is 10.4. The van der Waals surface area contributed by atoms with E-state index >= 15 is 0 Å². The van der Waals surface area contributed by atoms with Crippen molar-refractivity contribution < 1.29 is 52.6 Å². The van der Waals surface area contributed by atoms with E-state index < -0.39 is 65.7 Å². The lowest BCUT2D eigenvalue weighted by Crippen LogP contribution is -2.54. The molecule has 1 aliphatic rings. The molecule has 0 unspecified atom stereocenters. The second kappa shape index (κ2) is 23.9. The Morgan fingerprint density at radius 3 is 2.12 bits per heavy atom. The first-order valence-electron chi connectivity index (χ1n) is 20.9. The normalized spacial score (nSPS) is 12.1. The highest BCUT2D eigenvalue weighted by molar-refractivity contribution is 5.98. The number of carbonyl (C=O) groups excluding carboxylic acids is 6. The molecule has 0 saturated heterocycles. The highest BCUT2D eigenvalue weighted by Crippen LogP contribution is 2.44. The number of fused-ring (bicyclic) bond motifs is 3. The number of hydrogen-bond donors (Lipinski definition) is 5. The van der Waals surface area contributed by atoms with Crippen LogP contribution in [-0.4, -0.2) is 84.4 Å². The first kappa shape index (κ1) is 49.4. The topological polar surface area (TPSA) is 260 Å². The number of urea groups is 1. The molecule has 0 heterocycles. The molecule has 348 valence electrons. The van der Waals surface area contributed by atoms with Gasteiger partial charge in [-0.3, -0.25) is 24.6 Å². The van der Waals surface area contributed by atoms with E-state index in [2.05, 4.69) is 33.1 Å². The number of nitrogens with two attached hydrogens (primary N) is 1. The fourth-order valence-corrected chi connectivity index (χ4v) is 7.16. The van der Waals surface area contributed by atoms with Crippen LogP contribution in [0.4, 0.5) is 30.6 Å². The quantitative estimate of drug-likeness (QED) is 0.0131. The second-order valence-corrected chi connectivity index (χ2v) is 15.4. The van der Waals surface area contributed by atoms with Gasteiger partial charge in [-0.15, -0.1) is 12.8 Å². The van der Waals surface area contributed by atoms with Gasteiger partial charge < -0.3 is 45.9 Å². The summed E-state index contributed by atoms with van der Waals surface area (Å²) >= 11 is 0. The van der Waals surface area contributed by atoms with Gasteiger partial charge in [-0.1, -0.05) is 80.3 Å². The van der Waals surface area contributed by atoms with E-state index in [0.29, 0.717) is 11.1 Å². The smallest absolute Gasteiger partial charge is 0.449 e. The SMILES string of the molecule is C#CCOC(=O)N(CC#C)Cc1cc(NC(=O)[C@H](CCCNC(N)=O)NC(=O)[C@@H](NC(=O)OCC2c3ccccc3-c3ccccc32)C(C)C)ccc1COC(=O)Oc1ccc([N+](=O)[O-])cc1. The molecule has 0 radical (unpaired) electrons. The standard InChI is InChI=1S/C48H49N7O12/c1-5-24-54(47(60)64-25-6-2)27-32-26-33(18-17-31(32)28-66-48(61)67-35-21-19-34(20-22-35)55(62)63)51-43(56)41(16-11-23-50-45(49)58)52-44(57)42(30(3)4)53-46(59)65-29-40-38-14-9-7-12-36(38)37-13-8-10-15-39(37)40/h1-2,7-10,12-15,17-22,26,30,40-42H,11,16,23-25,27-29H2,3-4H3,(H,51,56)(H,52,57)(H,53,59)(H3,49,50,58)/t41-,42-/m0/s1. The third kappa shape index (κ3) is 14.0. The minimum absolute atomic E-state index is 0.00986. The van der Waals surface area contributed by atoms with Crippen molar-refractivity contribution in [2.45, 2.75) is 57.8 Å². The molecule has 0 aliphatic heterocycles. The lowest BCUT2D eigenvalue weighted by Gasteiger charge is -2.26. The van der Waals surface area contributed by atoms with Gasteiger partial charge in [-0.05, 0) is 76.4 Å². The fourth-order valence-electron chi connectivity index (χ4n) is 7.16. The van der Waals surface area contributed by atoms with E-state index in [-0.39, 0.29) is 68.7 Å². The number of anilines is 1. The zero-order valence-corrected chi connectivity index (χ0v) is 36.7. The number of hydrogen-bond acceptors (Lipinski definition) is 12. The maximum Gasteiger partial charge on any atom is 0.514 e. The Labute approximate surface area is 386 Å². The number of primary amides is 1. The minimum atomic E-state index is -1.22. The monoisotopic (exact) mass is 915 g/mol. The van der Waals surface area contributed by atoms with Crippen LogP contribution >= 0.6 is 0 Å². The number of benzene rings is 4. The van der Waals surface area contributed by atoms with Gasteiger partial charge in [-0.25, -0.2) is 19.2 Å². The predicted octanol–water partition coefficient (Wildman–Crippen LogP) is 5.95. The number of non-ortho nitro benzene ring substituents is 1. The number of nitro groups is 1. The van der Waals surface area contributed by atoms with E-state index in [9.17, 15) is 38.9 Å². The Kier molecular flexibility index (Phi) is 17.6. The molecule has 6 N–H and O–H groups in total. The summed E-state index contributed by atoms with van der Waals surface area (Å²) in [5.41, 5.74) is 9.99. The number of carbonyl (C=O) groups is 6. The average molecular weight is 916 g/mol. The Balaban J connectivity index is 1.31. The first-order chi connectivity index (χ1) is 32.2. The van der Waals surface area contributed by atoms with Crippen molar-refractivity contribution in [2.24, 2.45) is 11.7 Å². The van der Waals surface area contributed by atoms with E-state index in [0.717, 1.165) is 39.3 Å². The van der Waals surface area contributed by atoms with Crippen LogP contribution in [0, 0.1) is 40.7 Å². The number of ether oxygens (including phenoxy) is 4. The maximum absolute atomic E-state index is 14.0. The molecule has 4 aromatic carbocycles. The van der Waals surface area contributed by atoms with Gasteiger partial charge in [0.25, 0.3) is 5.69 Å². The zero-order valence-electron chi connectivity index (χ0n) is 36.7. The highest BCUT2D eigenvalue weighted by Gasteiger charge is 2.32. The van der Waals surface area contributed by atoms with Crippen LogP contribution in [0.1, 0.15) is 54.9 Å². The summed E-state index contributed by atoms with van der Waals surface area (Å²) in [6.45, 7) is 2.32. The van der Waals surface area contributed by atoms with Crippen LogP contribution < -0.4 is 31.7 Å². The molecule has 19 nitrogen and oxygen atoms in total. The summed E-state index contributed by atoms with van der Waals surface area (Å²) in [5, 5.41) is 21.6. The number of terminal acetylenes is 2. The Hall–Kier alpha value is -8.58. The molecule has 1 aliphatic carbocycles. The molecule has 2 atom stereocenters. The summed E-state index contributed by atoms with van der Waals surface area (Å²) in [7, 11) is 0. The van der Waals surface area contributed by atoms with Crippen LogP contribution in [0.2, 0.25) is 0 Å². The van der Waals surface area contributed by atoms with Crippen LogP contribution in [0.15, 0.2) is 91.0 Å². The van der Waals surface area contributed by atoms with Crippen molar-refractivity contribution in [1.82, 2.24) is 20.9 Å². The molecule has 0 bridgehead atoms. The first-order valence-corrected chi connectivity index (χ1v) is 20.9. The second-order valence-electron chi connectivity index (χ2n) is 15.4. The molecule has 0 spiro atoms. The Morgan fingerprint density at radius 1 is 0.836 bits per heavy atom. The zero-order chi connectivity index (χ0) is 48.5. The van der Waals surface area contributed by atoms with Gasteiger partial charge in [-0.2, -0.15) is 0 Å². The third-order valence-electron chi connectivity index (χ3n) is 10.4. The molecule has 0 aromatic heterocycles. The molecule has 0 fully saturated rings. The van der Waals surface area contributed by atoms with Crippen molar-refractivity contribution in [3.05, 3.63) is 123 Å². The fraction of sp³-hybridized carbons (Fsp3) is 0.292. The summed E-state index contributed by atoms with van der Waals surface area (Å²) in [5.74, 6) is 2.49. The number of nitrogens with zero attached hydrogens (tertiary/aromatic N) is 2. The van der Waals surface area contributed by atoms with Gasteiger partial charge in [0, 0.05) is 30.3 Å². The highest BCUT2D eigenvalue weighted by atomic mass is 16.7. The summed E-state index contributed by atoms with van der Waals surface area (Å²) in [6.07, 6.45) is 8.19. The summed E-state index contributed by atoms with van der Waals surface area (Å²) in [4.78, 5) is 89.7. The van der Waals surface area contributed by atoms with Gasteiger partial charge in [0.15, 0.2) is 6.61 Å². The van der Waals surface area contributed by atoms with Gasteiger partial charge in [0.2, 0.25) is 11.8 Å². The lowest BCUT2D eigenvalue weighted by atomic mass is 9.98.